The van der Waals surface area contributed by atoms with Crippen molar-refractivity contribution in [1.82, 2.24) is 14.3 Å². The lowest BCUT2D eigenvalue weighted by Crippen LogP contribution is -2.24. The largest absolute Gasteiger partial charge is 0.267 e. The number of aryl methyl sites for hydroxylation is 1. The highest BCUT2D eigenvalue weighted by atomic mass is 15.5. The fourth-order valence-electron chi connectivity index (χ4n) is 0.962. The molecule has 0 atom stereocenters. The lowest BCUT2D eigenvalue weighted by atomic mass is 10.9. The van der Waals surface area contributed by atoms with Gasteiger partial charge < -0.3 is 0 Å². The van der Waals surface area contributed by atoms with Crippen LogP contribution in [0.3, 0.4) is 0 Å². The van der Waals surface area contributed by atoms with Crippen LogP contribution in [0.2, 0.25) is 0 Å². The summed E-state index contributed by atoms with van der Waals surface area (Å²) >= 11 is 0. The average molecular weight is 149 g/mol. The predicted molar refractivity (Wildman–Crippen MR) is 38.6 cm³/mol. The van der Waals surface area contributed by atoms with E-state index in [0.29, 0.717) is 0 Å². The molecule has 4 heteroatoms. The SMILES string of the molecule is C[n+]1ccn(-n2ccnc2)c1. The number of imidazole rings is 2. The predicted octanol–water partition coefficient (Wildman–Crippen LogP) is -0.180. The van der Waals surface area contributed by atoms with E-state index in [-0.39, 0.29) is 0 Å². The van der Waals surface area contributed by atoms with Crippen molar-refractivity contribution in [2.24, 2.45) is 7.05 Å². The second-order valence-electron chi connectivity index (χ2n) is 2.40. The van der Waals surface area contributed by atoms with Gasteiger partial charge in [0.25, 0.3) is 6.33 Å². The Labute approximate surface area is 64.3 Å². The van der Waals surface area contributed by atoms with Gasteiger partial charge in [-0.3, -0.25) is 0 Å². The van der Waals surface area contributed by atoms with Crippen LogP contribution >= 0.6 is 0 Å². The molecule has 0 aromatic carbocycles. The molecule has 0 saturated heterocycles. The van der Waals surface area contributed by atoms with Crippen molar-refractivity contribution in [3.05, 3.63) is 37.4 Å². The Kier molecular flexibility index (Phi) is 1.25. The Morgan fingerprint density at radius 1 is 1.27 bits per heavy atom. The molecular formula is C7H9N4+. The molecule has 0 aliphatic carbocycles. The van der Waals surface area contributed by atoms with Gasteiger partial charge in [0.05, 0.1) is 13.2 Å². The van der Waals surface area contributed by atoms with Gasteiger partial charge in [0.15, 0.2) is 6.20 Å². The number of rotatable bonds is 1. The van der Waals surface area contributed by atoms with E-state index in [1.165, 1.54) is 0 Å². The fourth-order valence-corrected chi connectivity index (χ4v) is 0.962. The van der Waals surface area contributed by atoms with Crippen LogP contribution in [0.1, 0.15) is 0 Å². The van der Waals surface area contributed by atoms with Crippen molar-refractivity contribution in [2.45, 2.75) is 0 Å². The summed E-state index contributed by atoms with van der Waals surface area (Å²) in [6.07, 6.45) is 11.3. The third-order valence-electron chi connectivity index (χ3n) is 1.51. The van der Waals surface area contributed by atoms with E-state index in [1.807, 2.05) is 45.9 Å². The topological polar surface area (TPSA) is 26.6 Å². The molecule has 0 aliphatic heterocycles. The number of aromatic nitrogens is 4. The molecule has 0 amide bonds. The van der Waals surface area contributed by atoms with Crippen LogP contribution in [0, 0.1) is 0 Å². The normalized spacial score (nSPS) is 10.3. The van der Waals surface area contributed by atoms with Crippen LogP contribution < -0.4 is 4.57 Å². The second-order valence-corrected chi connectivity index (χ2v) is 2.40. The number of hydrogen-bond donors (Lipinski definition) is 0. The molecule has 0 N–H and O–H groups in total. The van der Waals surface area contributed by atoms with E-state index < -0.39 is 0 Å². The van der Waals surface area contributed by atoms with Gasteiger partial charge in [-0.25, -0.2) is 9.55 Å². The summed E-state index contributed by atoms with van der Waals surface area (Å²) in [5.74, 6) is 0. The van der Waals surface area contributed by atoms with Crippen LogP contribution in [0.25, 0.3) is 0 Å². The molecule has 2 aromatic heterocycles. The summed E-state index contributed by atoms with van der Waals surface area (Å²) < 4.78 is 5.80. The first kappa shape index (κ1) is 6.15. The minimum Gasteiger partial charge on any atom is -0.241 e. The zero-order chi connectivity index (χ0) is 7.68. The molecule has 0 bridgehead atoms. The molecule has 0 spiro atoms. The van der Waals surface area contributed by atoms with E-state index in [1.54, 1.807) is 12.5 Å². The van der Waals surface area contributed by atoms with Gasteiger partial charge in [-0.2, -0.15) is 4.68 Å². The van der Waals surface area contributed by atoms with E-state index in [9.17, 15) is 0 Å². The summed E-state index contributed by atoms with van der Waals surface area (Å²) in [6, 6.07) is 0. The summed E-state index contributed by atoms with van der Waals surface area (Å²) in [5, 5.41) is 0. The number of nitrogens with zero attached hydrogens (tertiary/aromatic N) is 4. The molecule has 0 radical (unpaired) electrons. The van der Waals surface area contributed by atoms with Gasteiger partial charge >= 0.3 is 0 Å². The molecule has 0 unspecified atom stereocenters. The highest BCUT2D eigenvalue weighted by molar-refractivity contribution is 4.78. The molecule has 0 aliphatic rings. The maximum absolute atomic E-state index is 3.94. The van der Waals surface area contributed by atoms with Crippen molar-refractivity contribution in [2.75, 3.05) is 0 Å². The van der Waals surface area contributed by atoms with E-state index in [2.05, 4.69) is 4.98 Å². The lowest BCUT2D eigenvalue weighted by Gasteiger charge is -1.90. The third-order valence-corrected chi connectivity index (χ3v) is 1.51. The maximum Gasteiger partial charge on any atom is 0.267 e. The summed E-state index contributed by atoms with van der Waals surface area (Å²) in [6.45, 7) is 0. The quantitative estimate of drug-likeness (QED) is 0.517. The minimum atomic E-state index is 1.75. The van der Waals surface area contributed by atoms with Crippen LogP contribution in [-0.4, -0.2) is 14.3 Å². The third kappa shape index (κ3) is 1.02. The Morgan fingerprint density at radius 3 is 2.73 bits per heavy atom. The van der Waals surface area contributed by atoms with Crippen molar-refractivity contribution in [3.63, 3.8) is 0 Å². The molecular weight excluding hydrogens is 140 g/mol. The first-order valence-corrected chi connectivity index (χ1v) is 3.38. The lowest BCUT2D eigenvalue weighted by molar-refractivity contribution is -0.671. The van der Waals surface area contributed by atoms with Gasteiger partial charge in [0, 0.05) is 6.20 Å². The molecule has 2 heterocycles. The summed E-state index contributed by atoms with van der Waals surface area (Å²) in [4.78, 5) is 3.94. The van der Waals surface area contributed by atoms with E-state index in [4.69, 9.17) is 0 Å². The Morgan fingerprint density at radius 2 is 2.18 bits per heavy atom. The van der Waals surface area contributed by atoms with E-state index >= 15 is 0 Å². The maximum atomic E-state index is 3.94. The molecule has 2 rings (SSSR count). The first-order valence-electron chi connectivity index (χ1n) is 3.38. The fraction of sp³-hybridized carbons (Fsp3) is 0.143. The Balaban J connectivity index is 2.45. The summed E-state index contributed by atoms with van der Waals surface area (Å²) in [7, 11) is 1.98. The van der Waals surface area contributed by atoms with Gasteiger partial charge in [0.2, 0.25) is 0 Å². The van der Waals surface area contributed by atoms with Gasteiger partial charge in [-0.1, -0.05) is 0 Å². The van der Waals surface area contributed by atoms with Gasteiger partial charge in [-0.15, -0.1) is 4.68 Å². The molecule has 56 valence electrons. The van der Waals surface area contributed by atoms with Crippen LogP contribution in [0.4, 0.5) is 0 Å². The van der Waals surface area contributed by atoms with E-state index in [0.717, 1.165) is 0 Å². The van der Waals surface area contributed by atoms with Crippen LogP contribution in [0.15, 0.2) is 37.4 Å². The zero-order valence-corrected chi connectivity index (χ0v) is 6.25. The molecule has 0 fully saturated rings. The smallest absolute Gasteiger partial charge is 0.241 e. The number of hydrogen-bond acceptors (Lipinski definition) is 1. The first-order chi connectivity index (χ1) is 5.36. The standard InChI is InChI=1S/C7H9N4/c1-9-4-5-11(7-9)10-3-2-8-6-10/h2-7H,1H3/q+1. The molecule has 0 saturated carbocycles. The van der Waals surface area contributed by atoms with Crippen molar-refractivity contribution in [3.8, 4) is 0 Å². The minimum absolute atomic E-state index is 1.75. The van der Waals surface area contributed by atoms with Crippen molar-refractivity contribution >= 4 is 0 Å². The van der Waals surface area contributed by atoms with Crippen molar-refractivity contribution in [1.29, 1.82) is 0 Å². The second kappa shape index (κ2) is 2.23. The van der Waals surface area contributed by atoms with Gasteiger partial charge in [0.1, 0.15) is 12.5 Å². The van der Waals surface area contributed by atoms with Crippen molar-refractivity contribution < 1.29 is 4.57 Å². The molecule has 11 heavy (non-hydrogen) atoms. The zero-order valence-electron chi connectivity index (χ0n) is 6.25. The average Bonchev–Trinajstić information content (AvgIpc) is 2.55. The summed E-state index contributed by atoms with van der Waals surface area (Å²) in [5.41, 5.74) is 0. The van der Waals surface area contributed by atoms with Crippen LogP contribution in [-0.2, 0) is 7.05 Å². The Bertz CT molecular complexity index is 333. The highest BCUT2D eigenvalue weighted by Crippen LogP contribution is 1.87. The highest BCUT2D eigenvalue weighted by Gasteiger charge is 1.99. The molecule has 2 aromatic rings. The van der Waals surface area contributed by atoms with Gasteiger partial charge in [-0.05, 0) is 0 Å². The monoisotopic (exact) mass is 149 g/mol. The Hall–Kier alpha value is -1.58. The van der Waals surface area contributed by atoms with Crippen LogP contribution in [0.5, 0.6) is 0 Å². The molecule has 4 nitrogen and oxygen atoms in total.